The Balaban J connectivity index is 0. The number of hydrogen-bond acceptors (Lipinski definition) is 2. The normalized spacial score (nSPS) is 12.2. The molecule has 0 rings (SSSR count). The maximum absolute atomic E-state index is 9.80. The fourth-order valence-corrected chi connectivity index (χ4v) is 0.510. The number of carboxylic acid groups (broad SMARTS) is 2. The first-order valence-corrected chi connectivity index (χ1v) is 4.72. The summed E-state index contributed by atoms with van der Waals surface area (Å²) in [4.78, 5) is 19.4. The molecule has 0 heterocycles. The smallest absolute Gasteiger partial charge is 0.328 e. The van der Waals surface area contributed by atoms with Crippen LogP contribution in [0.25, 0.3) is 0 Å². The Hall–Kier alpha value is -1.10. The van der Waals surface area contributed by atoms with E-state index in [2.05, 4.69) is 15.9 Å². The fraction of sp³-hybridized carbons (Fsp3) is 0.333. The first kappa shape index (κ1) is 15.4. The number of alkyl halides is 1. The van der Waals surface area contributed by atoms with Crippen molar-refractivity contribution in [1.29, 1.82) is 0 Å². The Morgan fingerprint density at radius 2 is 1.64 bits per heavy atom. The van der Waals surface area contributed by atoms with Gasteiger partial charge in [-0.05, 0) is 13.8 Å². The number of hydrogen-bond donors (Lipinski definition) is 2. The van der Waals surface area contributed by atoms with Crippen LogP contribution in [0.2, 0.25) is 0 Å². The van der Waals surface area contributed by atoms with Crippen molar-refractivity contribution in [3.63, 3.8) is 0 Å². The third kappa shape index (κ3) is 22.4. The van der Waals surface area contributed by atoms with Crippen LogP contribution in [0.15, 0.2) is 24.3 Å². The van der Waals surface area contributed by atoms with Crippen molar-refractivity contribution < 1.29 is 19.8 Å². The van der Waals surface area contributed by atoms with Crippen LogP contribution in [0, 0.1) is 0 Å². The lowest BCUT2D eigenvalue weighted by atomic mass is 10.4. The number of allylic oxidation sites excluding steroid dienone is 2. The summed E-state index contributed by atoms with van der Waals surface area (Å²) >= 11 is 3.15. The molecule has 0 spiro atoms. The van der Waals surface area contributed by atoms with Gasteiger partial charge in [-0.1, -0.05) is 28.1 Å². The lowest BCUT2D eigenvalue weighted by Crippen LogP contribution is -1.89. The number of carboxylic acids is 2. The van der Waals surface area contributed by atoms with E-state index in [1.165, 1.54) is 6.08 Å². The molecule has 0 fully saturated rings. The summed E-state index contributed by atoms with van der Waals surface area (Å²) in [6, 6.07) is 0. The topological polar surface area (TPSA) is 74.6 Å². The lowest BCUT2D eigenvalue weighted by molar-refractivity contribution is -0.132. The molecule has 1 atom stereocenters. The minimum Gasteiger partial charge on any atom is -0.478 e. The third-order valence-electron chi connectivity index (χ3n) is 0.813. The van der Waals surface area contributed by atoms with Crippen molar-refractivity contribution in [2.24, 2.45) is 0 Å². The summed E-state index contributed by atoms with van der Waals surface area (Å²) in [5.74, 6) is -1.80. The van der Waals surface area contributed by atoms with Gasteiger partial charge in [0.2, 0.25) is 0 Å². The average Bonchev–Trinajstić information content (AvgIpc) is 2.01. The van der Waals surface area contributed by atoms with Crippen LogP contribution in [0.1, 0.15) is 13.8 Å². The second-order valence-corrected chi connectivity index (χ2v) is 3.66. The highest BCUT2D eigenvalue weighted by molar-refractivity contribution is 9.09. The molecule has 0 aliphatic heterocycles. The molecule has 0 aromatic rings. The van der Waals surface area contributed by atoms with E-state index in [0.29, 0.717) is 0 Å². The van der Waals surface area contributed by atoms with Gasteiger partial charge in [0.05, 0.1) is 0 Å². The Bertz CT molecular complexity index is 231. The molecule has 1 unspecified atom stereocenters. The zero-order chi connectivity index (χ0) is 11.6. The van der Waals surface area contributed by atoms with Crippen LogP contribution in [-0.4, -0.2) is 27.0 Å². The molecule has 0 bridgehead atoms. The Morgan fingerprint density at radius 1 is 1.21 bits per heavy atom. The van der Waals surface area contributed by atoms with Crippen LogP contribution < -0.4 is 0 Å². The number of carbonyl (C=O) groups is 2. The summed E-state index contributed by atoms with van der Waals surface area (Å²) < 4.78 is 0. The van der Waals surface area contributed by atoms with Crippen LogP contribution >= 0.6 is 15.9 Å². The molecule has 0 aromatic carbocycles. The molecule has 0 saturated carbocycles. The zero-order valence-electron chi connectivity index (χ0n) is 7.98. The maximum atomic E-state index is 9.80. The Kier molecular flexibility index (Phi) is 11.0. The van der Waals surface area contributed by atoms with E-state index in [1.807, 2.05) is 6.92 Å². The average molecular weight is 265 g/mol. The van der Waals surface area contributed by atoms with Crippen molar-refractivity contribution in [1.82, 2.24) is 0 Å². The molecular weight excluding hydrogens is 252 g/mol. The standard InChI is InChI=1S/C5H7BrO2.C4H6O2/c1-4(6)2-3-5(7)8;1-2-3-4(5)6/h2-4H,1H3,(H,7,8);2-3H,1H3,(H,5,6)/b2*3-2+. The maximum Gasteiger partial charge on any atom is 0.328 e. The van der Waals surface area contributed by atoms with Gasteiger partial charge in [0.25, 0.3) is 0 Å². The van der Waals surface area contributed by atoms with E-state index in [1.54, 1.807) is 13.0 Å². The van der Waals surface area contributed by atoms with Gasteiger partial charge in [0, 0.05) is 17.0 Å². The van der Waals surface area contributed by atoms with E-state index in [4.69, 9.17) is 10.2 Å². The van der Waals surface area contributed by atoms with E-state index in [0.717, 1.165) is 12.2 Å². The van der Waals surface area contributed by atoms with Gasteiger partial charge in [-0.3, -0.25) is 0 Å². The van der Waals surface area contributed by atoms with Crippen molar-refractivity contribution in [3.8, 4) is 0 Å². The lowest BCUT2D eigenvalue weighted by Gasteiger charge is -1.86. The van der Waals surface area contributed by atoms with Gasteiger partial charge in [-0.2, -0.15) is 0 Å². The summed E-state index contributed by atoms with van der Waals surface area (Å²) in [7, 11) is 0. The van der Waals surface area contributed by atoms with E-state index >= 15 is 0 Å². The second kappa shape index (κ2) is 9.98. The molecular formula is C9H13BrO4. The predicted molar refractivity (Wildman–Crippen MR) is 57.6 cm³/mol. The minimum absolute atomic E-state index is 0.138. The highest BCUT2D eigenvalue weighted by Gasteiger charge is 1.88. The fourth-order valence-electron chi connectivity index (χ4n) is 0.357. The first-order valence-electron chi connectivity index (χ1n) is 3.81. The van der Waals surface area contributed by atoms with E-state index in [9.17, 15) is 9.59 Å². The van der Waals surface area contributed by atoms with Crippen LogP contribution in [-0.2, 0) is 9.59 Å². The highest BCUT2D eigenvalue weighted by Crippen LogP contribution is 1.97. The summed E-state index contributed by atoms with van der Waals surface area (Å²) in [6.07, 6.45) is 5.23. The van der Waals surface area contributed by atoms with Gasteiger partial charge in [0.1, 0.15) is 0 Å². The van der Waals surface area contributed by atoms with Gasteiger partial charge >= 0.3 is 11.9 Å². The van der Waals surface area contributed by atoms with Gasteiger partial charge < -0.3 is 10.2 Å². The molecule has 0 aromatic heterocycles. The number of aliphatic carboxylic acids is 2. The highest BCUT2D eigenvalue weighted by atomic mass is 79.9. The summed E-state index contributed by atoms with van der Waals surface area (Å²) in [5.41, 5.74) is 0. The predicted octanol–water partition coefficient (Wildman–Crippen LogP) is 2.06. The van der Waals surface area contributed by atoms with Gasteiger partial charge in [0.15, 0.2) is 0 Å². The van der Waals surface area contributed by atoms with Crippen molar-refractivity contribution in [3.05, 3.63) is 24.3 Å². The Morgan fingerprint density at radius 3 is 1.71 bits per heavy atom. The zero-order valence-corrected chi connectivity index (χ0v) is 9.56. The molecule has 0 radical (unpaired) electrons. The molecule has 0 aliphatic rings. The van der Waals surface area contributed by atoms with E-state index < -0.39 is 11.9 Å². The molecule has 0 amide bonds. The quantitative estimate of drug-likeness (QED) is 0.605. The molecule has 0 aliphatic carbocycles. The number of rotatable bonds is 3. The Labute approximate surface area is 91.1 Å². The second-order valence-electron chi connectivity index (χ2n) is 2.21. The monoisotopic (exact) mass is 264 g/mol. The van der Waals surface area contributed by atoms with Crippen LogP contribution in [0.4, 0.5) is 0 Å². The third-order valence-corrected chi connectivity index (χ3v) is 1.12. The summed E-state index contributed by atoms with van der Waals surface area (Å²) in [5, 5.41) is 15.9. The van der Waals surface area contributed by atoms with Crippen molar-refractivity contribution in [2.75, 3.05) is 0 Å². The molecule has 14 heavy (non-hydrogen) atoms. The molecule has 5 heteroatoms. The molecule has 4 nitrogen and oxygen atoms in total. The molecule has 0 saturated heterocycles. The van der Waals surface area contributed by atoms with Gasteiger partial charge in [-0.25, -0.2) is 9.59 Å². The van der Waals surface area contributed by atoms with Crippen LogP contribution in [0.3, 0.4) is 0 Å². The summed E-state index contributed by atoms with van der Waals surface area (Å²) in [6.45, 7) is 3.51. The number of halogens is 1. The van der Waals surface area contributed by atoms with Crippen molar-refractivity contribution >= 4 is 27.9 Å². The van der Waals surface area contributed by atoms with Crippen molar-refractivity contribution in [2.45, 2.75) is 18.7 Å². The molecule has 2 N–H and O–H groups in total. The molecule has 80 valence electrons. The minimum atomic E-state index is -0.906. The van der Waals surface area contributed by atoms with E-state index in [-0.39, 0.29) is 4.83 Å². The van der Waals surface area contributed by atoms with Crippen LogP contribution in [0.5, 0.6) is 0 Å². The SMILES string of the molecule is C/C=C/C(=O)O.CC(Br)/C=C/C(=O)O. The first-order chi connectivity index (χ1) is 6.40. The van der Waals surface area contributed by atoms with Gasteiger partial charge in [-0.15, -0.1) is 0 Å². The largest absolute Gasteiger partial charge is 0.478 e.